The third-order valence-corrected chi connectivity index (χ3v) is 4.54. The molecule has 0 aliphatic carbocycles. The molecule has 1 heterocycles. The highest BCUT2D eigenvalue weighted by molar-refractivity contribution is 6.30. The highest BCUT2D eigenvalue weighted by atomic mass is 35.5. The fourth-order valence-electron chi connectivity index (χ4n) is 2.81. The Morgan fingerprint density at radius 3 is 2.41 bits per heavy atom. The number of para-hydroxylation sites is 1. The maximum atomic E-state index is 13.7. The summed E-state index contributed by atoms with van der Waals surface area (Å²) in [6, 6.07) is 15.2. The lowest BCUT2D eigenvalue weighted by molar-refractivity contribution is -0.143. The molecular weight excluding hydrogens is 405 g/mol. The Morgan fingerprint density at radius 1 is 1.14 bits per heavy atom. The van der Waals surface area contributed by atoms with E-state index in [0.717, 1.165) is 11.9 Å². The van der Waals surface area contributed by atoms with Crippen molar-refractivity contribution >= 4 is 23.2 Å². The normalized spacial score (nSPS) is 11.3. The van der Waals surface area contributed by atoms with E-state index in [9.17, 15) is 18.0 Å². The van der Waals surface area contributed by atoms with Gasteiger partial charge < -0.3 is 10.2 Å². The molecule has 0 unspecified atom stereocenters. The van der Waals surface area contributed by atoms with Gasteiger partial charge in [-0.1, -0.05) is 29.8 Å². The van der Waals surface area contributed by atoms with E-state index in [0.29, 0.717) is 16.2 Å². The number of rotatable bonds is 6. The number of carbonyl (C=O) groups is 1. The second-order valence-electron chi connectivity index (χ2n) is 6.31. The first-order chi connectivity index (χ1) is 13.8. The molecule has 0 radical (unpaired) electrons. The average molecular weight is 423 g/mol. The van der Waals surface area contributed by atoms with Crippen LogP contribution in [0.1, 0.15) is 16.1 Å². The number of benzene rings is 2. The van der Waals surface area contributed by atoms with Gasteiger partial charge in [0.2, 0.25) is 0 Å². The summed E-state index contributed by atoms with van der Waals surface area (Å²) in [5.74, 6) is -0.834. The van der Waals surface area contributed by atoms with Crippen LogP contribution in [0, 0.1) is 0 Å². The predicted octanol–water partition coefficient (Wildman–Crippen LogP) is 4.41. The van der Waals surface area contributed by atoms with E-state index in [2.05, 4.69) is 10.4 Å². The van der Waals surface area contributed by atoms with Crippen LogP contribution in [-0.4, -0.2) is 35.8 Å². The Hall–Kier alpha value is -3.00. The number of amides is 1. The summed E-state index contributed by atoms with van der Waals surface area (Å²) in [6.07, 6.45) is -3.84. The van der Waals surface area contributed by atoms with Crippen molar-refractivity contribution < 1.29 is 18.0 Å². The number of anilines is 1. The van der Waals surface area contributed by atoms with Gasteiger partial charge in [-0.2, -0.15) is 18.3 Å². The van der Waals surface area contributed by atoms with Gasteiger partial charge in [0, 0.05) is 30.8 Å². The molecule has 0 fully saturated rings. The van der Waals surface area contributed by atoms with Crippen molar-refractivity contribution in [2.24, 2.45) is 0 Å². The minimum atomic E-state index is -4.76. The van der Waals surface area contributed by atoms with Crippen LogP contribution in [-0.2, 0) is 6.18 Å². The van der Waals surface area contributed by atoms with Gasteiger partial charge in [0.15, 0.2) is 5.69 Å². The molecule has 0 spiro atoms. The summed E-state index contributed by atoms with van der Waals surface area (Å²) in [5, 5.41) is 6.69. The molecule has 0 aliphatic rings. The van der Waals surface area contributed by atoms with Crippen LogP contribution in [0.4, 0.5) is 18.9 Å². The number of nitrogens with one attached hydrogen (secondary N) is 1. The largest absolute Gasteiger partial charge is 0.434 e. The van der Waals surface area contributed by atoms with E-state index in [4.69, 9.17) is 11.6 Å². The maximum Gasteiger partial charge on any atom is 0.434 e. The highest BCUT2D eigenvalue weighted by Gasteiger charge is 2.40. The van der Waals surface area contributed by atoms with E-state index in [1.54, 1.807) is 0 Å². The fraction of sp³-hybridized carbons (Fsp3) is 0.200. The number of carbonyl (C=O) groups excluding carboxylic acids is 1. The van der Waals surface area contributed by atoms with E-state index in [1.807, 2.05) is 42.3 Å². The lowest BCUT2D eigenvalue weighted by Crippen LogP contribution is -2.34. The standard InChI is InChI=1S/C20H18ClF3N4O/c1-27(15-5-3-2-4-6-15)12-11-25-19(29)17-13-26-28(18(17)20(22,23)24)16-9-7-14(21)8-10-16/h2-10,13H,11-12H2,1H3,(H,25,29). The van der Waals surface area contributed by atoms with E-state index in [1.165, 1.54) is 24.3 Å². The van der Waals surface area contributed by atoms with Gasteiger partial charge in [0.1, 0.15) is 0 Å². The monoisotopic (exact) mass is 422 g/mol. The van der Waals surface area contributed by atoms with Crippen molar-refractivity contribution in [2.75, 3.05) is 25.0 Å². The quantitative estimate of drug-likeness (QED) is 0.640. The lowest BCUT2D eigenvalue weighted by Gasteiger charge is -2.19. The van der Waals surface area contributed by atoms with Gasteiger partial charge in [-0.05, 0) is 36.4 Å². The van der Waals surface area contributed by atoms with Crippen LogP contribution in [0.3, 0.4) is 0 Å². The van der Waals surface area contributed by atoms with E-state index < -0.39 is 23.3 Å². The molecule has 9 heteroatoms. The lowest BCUT2D eigenvalue weighted by atomic mass is 10.2. The molecule has 152 valence electrons. The predicted molar refractivity (Wildman–Crippen MR) is 106 cm³/mol. The van der Waals surface area contributed by atoms with Crippen LogP contribution in [0.5, 0.6) is 0 Å². The molecule has 3 aromatic rings. The fourth-order valence-corrected chi connectivity index (χ4v) is 2.94. The van der Waals surface area contributed by atoms with Crippen molar-refractivity contribution in [3.63, 3.8) is 0 Å². The first-order valence-electron chi connectivity index (χ1n) is 8.73. The molecule has 2 aromatic carbocycles. The Morgan fingerprint density at radius 2 is 1.79 bits per heavy atom. The molecule has 0 bridgehead atoms. The van der Waals surface area contributed by atoms with Gasteiger partial charge in [-0.25, -0.2) is 4.68 Å². The van der Waals surface area contributed by atoms with Gasteiger partial charge >= 0.3 is 6.18 Å². The first-order valence-corrected chi connectivity index (χ1v) is 9.10. The van der Waals surface area contributed by atoms with Crippen LogP contribution in [0.2, 0.25) is 5.02 Å². The molecule has 29 heavy (non-hydrogen) atoms. The van der Waals surface area contributed by atoms with E-state index >= 15 is 0 Å². The Kier molecular flexibility index (Phi) is 6.12. The van der Waals surface area contributed by atoms with Crippen LogP contribution < -0.4 is 10.2 Å². The van der Waals surface area contributed by atoms with Gasteiger partial charge in [-0.15, -0.1) is 0 Å². The van der Waals surface area contributed by atoms with E-state index in [-0.39, 0.29) is 12.2 Å². The first kappa shape index (κ1) is 20.7. The maximum absolute atomic E-state index is 13.7. The summed E-state index contributed by atoms with van der Waals surface area (Å²) >= 11 is 5.79. The van der Waals surface area contributed by atoms with Crippen molar-refractivity contribution in [1.29, 1.82) is 0 Å². The minimum absolute atomic E-state index is 0.157. The molecule has 5 nitrogen and oxygen atoms in total. The third kappa shape index (κ3) is 4.89. The van der Waals surface area contributed by atoms with Crippen LogP contribution >= 0.6 is 11.6 Å². The Bertz CT molecular complexity index is 972. The Balaban J connectivity index is 1.76. The Labute approximate surface area is 170 Å². The van der Waals surface area contributed by atoms with Crippen molar-refractivity contribution in [3.05, 3.63) is 77.1 Å². The molecular formula is C20H18ClF3N4O. The molecule has 0 saturated heterocycles. The summed E-state index contributed by atoms with van der Waals surface area (Å²) in [7, 11) is 1.83. The molecule has 0 aliphatic heterocycles. The molecule has 3 rings (SSSR count). The summed E-state index contributed by atoms with van der Waals surface area (Å²) in [6.45, 7) is 0.607. The number of aromatic nitrogens is 2. The zero-order valence-corrected chi connectivity index (χ0v) is 16.2. The van der Waals surface area contributed by atoms with Crippen molar-refractivity contribution in [1.82, 2.24) is 15.1 Å². The molecule has 1 aromatic heterocycles. The smallest absolute Gasteiger partial charge is 0.373 e. The highest BCUT2D eigenvalue weighted by Crippen LogP contribution is 2.33. The zero-order valence-electron chi connectivity index (χ0n) is 15.4. The summed E-state index contributed by atoms with van der Waals surface area (Å²) in [4.78, 5) is 14.3. The average Bonchev–Trinajstić information content (AvgIpc) is 3.15. The van der Waals surface area contributed by atoms with Crippen LogP contribution in [0.15, 0.2) is 60.8 Å². The zero-order chi connectivity index (χ0) is 21.0. The third-order valence-electron chi connectivity index (χ3n) is 4.28. The number of alkyl halides is 3. The van der Waals surface area contributed by atoms with Crippen LogP contribution in [0.25, 0.3) is 5.69 Å². The van der Waals surface area contributed by atoms with Gasteiger partial charge in [-0.3, -0.25) is 4.79 Å². The van der Waals surface area contributed by atoms with Crippen molar-refractivity contribution in [3.8, 4) is 5.69 Å². The SMILES string of the molecule is CN(CCNC(=O)c1cnn(-c2ccc(Cl)cc2)c1C(F)(F)F)c1ccccc1. The molecule has 0 atom stereocenters. The minimum Gasteiger partial charge on any atom is -0.373 e. The number of nitrogens with zero attached hydrogens (tertiary/aromatic N) is 3. The second kappa shape index (κ2) is 8.57. The van der Waals surface area contributed by atoms with Gasteiger partial charge in [0.05, 0.1) is 17.4 Å². The molecule has 1 N–H and O–H groups in total. The molecule has 1 amide bonds. The molecule has 0 saturated carbocycles. The summed E-state index contributed by atoms with van der Waals surface area (Å²) < 4.78 is 41.7. The number of hydrogen-bond acceptors (Lipinski definition) is 3. The number of halogens is 4. The second-order valence-corrected chi connectivity index (χ2v) is 6.74. The number of likely N-dealkylation sites (N-methyl/N-ethyl adjacent to an activating group) is 1. The van der Waals surface area contributed by atoms with Crippen molar-refractivity contribution in [2.45, 2.75) is 6.18 Å². The van der Waals surface area contributed by atoms with Gasteiger partial charge in [0.25, 0.3) is 5.91 Å². The number of hydrogen-bond donors (Lipinski definition) is 1. The summed E-state index contributed by atoms with van der Waals surface area (Å²) in [5.41, 5.74) is -0.568. The topological polar surface area (TPSA) is 50.2 Å².